The van der Waals surface area contributed by atoms with Crippen molar-refractivity contribution in [3.8, 4) is 23.1 Å². The molecule has 0 amide bonds. The number of hydrogen-bond donors (Lipinski definition) is 1. The number of aliphatic carboxylic acids is 1. The summed E-state index contributed by atoms with van der Waals surface area (Å²) in [6.07, 6.45) is 2.31. The Morgan fingerprint density at radius 3 is 2.58 bits per heavy atom. The number of fused-ring (bicyclic) bond motifs is 2. The summed E-state index contributed by atoms with van der Waals surface area (Å²) in [5.41, 5.74) is 0.379. The summed E-state index contributed by atoms with van der Waals surface area (Å²) in [6, 6.07) is 8.75. The first-order valence-corrected chi connectivity index (χ1v) is 5.46. The van der Waals surface area contributed by atoms with Crippen LogP contribution in [0.25, 0.3) is 6.08 Å². The minimum atomic E-state index is -1.05. The Kier molecular flexibility index (Phi) is 2.60. The molecule has 1 aromatic heterocycles. The second-order valence-corrected chi connectivity index (χ2v) is 3.76. The van der Waals surface area contributed by atoms with Crippen LogP contribution in [0.3, 0.4) is 0 Å². The highest BCUT2D eigenvalue weighted by atomic mass is 16.6. The summed E-state index contributed by atoms with van der Waals surface area (Å²) in [6.45, 7) is 0. The lowest BCUT2D eigenvalue weighted by atomic mass is 10.3. The molecule has 94 valence electrons. The maximum Gasteiger partial charge on any atom is 0.328 e. The lowest BCUT2D eigenvalue weighted by Gasteiger charge is -2.18. The van der Waals surface area contributed by atoms with Crippen LogP contribution in [-0.2, 0) is 4.79 Å². The number of rotatable bonds is 2. The van der Waals surface area contributed by atoms with Crippen LogP contribution in [0.4, 0.5) is 0 Å². The molecule has 0 fully saturated rings. The fourth-order valence-corrected chi connectivity index (χ4v) is 1.60. The number of carboxylic acid groups (broad SMARTS) is 1. The lowest BCUT2D eigenvalue weighted by molar-refractivity contribution is -0.131. The number of carbonyl (C=O) groups is 1. The van der Waals surface area contributed by atoms with E-state index in [0.29, 0.717) is 22.9 Å². The van der Waals surface area contributed by atoms with Gasteiger partial charge in [-0.1, -0.05) is 12.1 Å². The normalized spacial score (nSPS) is 12.2. The van der Waals surface area contributed by atoms with E-state index in [1.807, 2.05) is 12.1 Å². The van der Waals surface area contributed by atoms with Crippen molar-refractivity contribution in [2.24, 2.45) is 0 Å². The molecule has 0 unspecified atom stereocenters. The van der Waals surface area contributed by atoms with Gasteiger partial charge in [0.05, 0.1) is 5.69 Å². The number of para-hydroxylation sites is 2. The standard InChI is InChI=1S/C13H8N2O4/c16-12(17)6-5-8-7-11-13(15-14-8)19-10-4-2-1-3-9(10)18-11/h1-7H,(H,16,17)/b6-5+. The highest BCUT2D eigenvalue weighted by Gasteiger charge is 2.20. The lowest BCUT2D eigenvalue weighted by Crippen LogP contribution is -2.02. The van der Waals surface area contributed by atoms with Crippen LogP contribution in [-0.4, -0.2) is 21.3 Å². The Labute approximate surface area is 107 Å². The van der Waals surface area contributed by atoms with Crippen molar-refractivity contribution in [1.82, 2.24) is 10.2 Å². The van der Waals surface area contributed by atoms with Crippen LogP contribution in [0.15, 0.2) is 36.4 Å². The number of benzene rings is 1. The topological polar surface area (TPSA) is 81.5 Å². The Morgan fingerprint density at radius 2 is 1.84 bits per heavy atom. The van der Waals surface area contributed by atoms with Crippen molar-refractivity contribution in [2.45, 2.75) is 0 Å². The minimum absolute atomic E-state index is 0.256. The van der Waals surface area contributed by atoms with E-state index in [2.05, 4.69) is 10.2 Å². The van der Waals surface area contributed by atoms with Crippen LogP contribution in [0, 0.1) is 0 Å². The molecule has 1 aliphatic rings. The number of hydrogen-bond acceptors (Lipinski definition) is 5. The van der Waals surface area contributed by atoms with Gasteiger partial charge in [-0.25, -0.2) is 4.79 Å². The molecule has 6 nitrogen and oxygen atoms in total. The van der Waals surface area contributed by atoms with E-state index in [4.69, 9.17) is 14.6 Å². The molecule has 0 saturated heterocycles. The van der Waals surface area contributed by atoms with Gasteiger partial charge in [-0.05, 0) is 18.2 Å². The van der Waals surface area contributed by atoms with Gasteiger partial charge in [-0.3, -0.25) is 0 Å². The largest absolute Gasteiger partial charge is 0.478 e. The Morgan fingerprint density at radius 1 is 1.11 bits per heavy atom. The molecule has 0 aliphatic carbocycles. The first kappa shape index (κ1) is 11.2. The first-order chi connectivity index (χ1) is 9.22. The van der Waals surface area contributed by atoms with Gasteiger partial charge in [-0.2, -0.15) is 0 Å². The van der Waals surface area contributed by atoms with Gasteiger partial charge in [0, 0.05) is 12.1 Å². The third-order valence-corrected chi connectivity index (χ3v) is 2.42. The van der Waals surface area contributed by atoms with Crippen LogP contribution < -0.4 is 9.47 Å². The van der Waals surface area contributed by atoms with Crippen molar-refractivity contribution in [1.29, 1.82) is 0 Å². The molecule has 0 atom stereocenters. The van der Waals surface area contributed by atoms with E-state index >= 15 is 0 Å². The first-order valence-electron chi connectivity index (χ1n) is 5.46. The van der Waals surface area contributed by atoms with Crippen molar-refractivity contribution < 1.29 is 19.4 Å². The number of ether oxygens (including phenoxy) is 2. The Bertz CT molecular complexity index is 682. The van der Waals surface area contributed by atoms with Crippen molar-refractivity contribution in [3.05, 3.63) is 42.1 Å². The monoisotopic (exact) mass is 256 g/mol. The molecule has 3 rings (SSSR count). The average molecular weight is 256 g/mol. The zero-order valence-corrected chi connectivity index (χ0v) is 9.61. The molecule has 0 saturated carbocycles. The molecule has 0 radical (unpaired) electrons. The third kappa shape index (κ3) is 2.23. The molecule has 1 N–H and O–H groups in total. The summed E-state index contributed by atoms with van der Waals surface area (Å²) in [4.78, 5) is 10.4. The van der Waals surface area contributed by atoms with Gasteiger partial charge in [-0.15, -0.1) is 10.2 Å². The van der Waals surface area contributed by atoms with E-state index in [0.717, 1.165) is 6.08 Å². The fraction of sp³-hybridized carbons (Fsp3) is 0. The van der Waals surface area contributed by atoms with Gasteiger partial charge in [0.15, 0.2) is 17.2 Å². The molecule has 19 heavy (non-hydrogen) atoms. The summed E-state index contributed by atoms with van der Waals surface area (Å²) < 4.78 is 11.1. The van der Waals surface area contributed by atoms with Crippen LogP contribution >= 0.6 is 0 Å². The Balaban J connectivity index is 1.94. The predicted octanol–water partition coefficient (Wildman–Crippen LogP) is 2.47. The highest BCUT2D eigenvalue weighted by Crippen LogP contribution is 2.43. The second kappa shape index (κ2) is 4.41. The zero-order valence-electron chi connectivity index (χ0n) is 9.61. The van der Waals surface area contributed by atoms with E-state index in [1.165, 1.54) is 6.08 Å². The maximum absolute atomic E-state index is 10.4. The van der Waals surface area contributed by atoms with Crippen molar-refractivity contribution in [2.75, 3.05) is 0 Å². The molecular formula is C13H8N2O4. The molecule has 0 bridgehead atoms. The van der Waals surface area contributed by atoms with Gasteiger partial charge in [0.2, 0.25) is 0 Å². The SMILES string of the molecule is O=C(O)/C=C/c1cc2c(nn1)Oc1ccccc1O2. The Hall–Kier alpha value is -2.89. The second-order valence-electron chi connectivity index (χ2n) is 3.76. The summed E-state index contributed by atoms with van der Waals surface area (Å²) in [5.74, 6) is 0.751. The summed E-state index contributed by atoms with van der Waals surface area (Å²) in [5, 5.41) is 16.2. The predicted molar refractivity (Wildman–Crippen MR) is 65.3 cm³/mol. The average Bonchev–Trinajstić information content (AvgIpc) is 2.42. The van der Waals surface area contributed by atoms with E-state index < -0.39 is 5.97 Å². The smallest absolute Gasteiger partial charge is 0.328 e. The maximum atomic E-state index is 10.4. The molecule has 2 heterocycles. The fourth-order valence-electron chi connectivity index (χ4n) is 1.60. The molecular weight excluding hydrogens is 248 g/mol. The van der Waals surface area contributed by atoms with Gasteiger partial charge < -0.3 is 14.6 Å². The van der Waals surface area contributed by atoms with E-state index in [9.17, 15) is 4.79 Å². The summed E-state index contributed by atoms with van der Waals surface area (Å²) in [7, 11) is 0. The van der Waals surface area contributed by atoms with E-state index in [-0.39, 0.29) is 5.88 Å². The number of carboxylic acids is 1. The van der Waals surface area contributed by atoms with Crippen molar-refractivity contribution in [3.63, 3.8) is 0 Å². The van der Waals surface area contributed by atoms with Crippen molar-refractivity contribution >= 4 is 12.0 Å². The van der Waals surface area contributed by atoms with Gasteiger partial charge >= 0.3 is 5.97 Å². The van der Waals surface area contributed by atoms with Crippen LogP contribution in [0.2, 0.25) is 0 Å². The van der Waals surface area contributed by atoms with Gasteiger partial charge in [0.25, 0.3) is 5.88 Å². The molecule has 2 aromatic rings. The molecule has 0 spiro atoms. The highest BCUT2D eigenvalue weighted by molar-refractivity contribution is 5.84. The molecule has 6 heteroatoms. The summed E-state index contributed by atoms with van der Waals surface area (Å²) >= 11 is 0. The molecule has 1 aliphatic heterocycles. The third-order valence-electron chi connectivity index (χ3n) is 2.42. The van der Waals surface area contributed by atoms with Crippen LogP contribution in [0.1, 0.15) is 5.69 Å². The van der Waals surface area contributed by atoms with Crippen LogP contribution in [0.5, 0.6) is 23.1 Å². The number of nitrogens with zero attached hydrogens (tertiary/aromatic N) is 2. The minimum Gasteiger partial charge on any atom is -0.478 e. The number of aromatic nitrogens is 2. The zero-order chi connectivity index (χ0) is 13.2. The van der Waals surface area contributed by atoms with Gasteiger partial charge in [0.1, 0.15) is 0 Å². The molecule has 1 aromatic carbocycles. The van der Waals surface area contributed by atoms with E-state index in [1.54, 1.807) is 18.2 Å². The quantitative estimate of drug-likeness (QED) is 0.709.